The van der Waals surface area contributed by atoms with E-state index in [9.17, 15) is 0 Å². The number of hydrogen-bond donors (Lipinski definition) is 0. The molecule has 0 amide bonds. The summed E-state index contributed by atoms with van der Waals surface area (Å²) in [5, 5.41) is 0. The molecule has 0 saturated carbocycles. The van der Waals surface area contributed by atoms with Crippen LogP contribution in [0.25, 0.3) is 0 Å². The van der Waals surface area contributed by atoms with E-state index in [4.69, 9.17) is 6.42 Å². The Morgan fingerprint density at radius 2 is 1.55 bits per heavy atom. The first-order chi connectivity index (χ1) is 10.8. The summed E-state index contributed by atoms with van der Waals surface area (Å²) in [6, 6.07) is 16.3. The topological polar surface area (TPSA) is 0 Å². The van der Waals surface area contributed by atoms with Crippen molar-refractivity contribution >= 4 is 11.8 Å². The van der Waals surface area contributed by atoms with Crippen molar-refractivity contribution in [3.05, 3.63) is 59.7 Å². The van der Waals surface area contributed by atoms with Gasteiger partial charge in [-0.2, -0.15) is 0 Å². The van der Waals surface area contributed by atoms with Crippen LogP contribution in [0.1, 0.15) is 43.7 Å². The van der Waals surface area contributed by atoms with Crippen LogP contribution in [-0.4, -0.2) is 0 Å². The van der Waals surface area contributed by atoms with Gasteiger partial charge in [0, 0.05) is 27.3 Å². The zero-order chi connectivity index (χ0) is 15.6. The van der Waals surface area contributed by atoms with Gasteiger partial charge in [-0.1, -0.05) is 73.6 Å². The lowest BCUT2D eigenvalue weighted by atomic mass is 10.2. The van der Waals surface area contributed by atoms with Crippen LogP contribution in [-0.2, 0) is 0 Å². The average Bonchev–Trinajstić information content (AvgIpc) is 2.56. The molecule has 0 saturated heterocycles. The molecule has 0 nitrogen and oxygen atoms in total. The first-order valence-corrected chi connectivity index (χ1v) is 8.48. The Kier molecular flexibility index (Phi) is 6.69. The Morgan fingerprint density at radius 1 is 0.909 bits per heavy atom. The minimum Gasteiger partial charge on any atom is -0.115 e. The van der Waals surface area contributed by atoms with E-state index in [0.717, 1.165) is 27.3 Å². The molecule has 0 heterocycles. The molecule has 2 aromatic carbocycles. The van der Waals surface area contributed by atoms with E-state index in [1.165, 1.54) is 19.3 Å². The summed E-state index contributed by atoms with van der Waals surface area (Å²) in [6.07, 6.45) is 10.2. The molecule has 2 rings (SSSR count). The summed E-state index contributed by atoms with van der Waals surface area (Å²) in [5.74, 6) is 9.34. The van der Waals surface area contributed by atoms with Crippen LogP contribution in [0.5, 0.6) is 0 Å². The van der Waals surface area contributed by atoms with Crippen molar-refractivity contribution in [2.45, 2.75) is 42.4 Å². The third kappa shape index (κ3) is 4.73. The Morgan fingerprint density at radius 3 is 2.23 bits per heavy atom. The lowest BCUT2D eigenvalue weighted by Crippen LogP contribution is -1.84. The van der Waals surface area contributed by atoms with E-state index in [0.29, 0.717) is 0 Å². The first kappa shape index (κ1) is 16.3. The summed E-state index contributed by atoms with van der Waals surface area (Å²) in [7, 11) is 0. The van der Waals surface area contributed by atoms with Crippen molar-refractivity contribution in [1.29, 1.82) is 0 Å². The standard InChI is InChI=1S/C21H20S/c1-3-5-6-7-8-14-19-15-10-12-17-21(19)22-20-16-11-9-13-18(20)4-2/h2,9-13,15-17H,3,5-7H2,1H3. The highest BCUT2D eigenvalue weighted by Crippen LogP contribution is 2.32. The number of rotatable bonds is 5. The molecule has 0 aliphatic carbocycles. The molecule has 0 fully saturated rings. The molecule has 0 bridgehead atoms. The quantitative estimate of drug-likeness (QED) is 0.500. The second-order valence-corrected chi connectivity index (χ2v) is 6.08. The SMILES string of the molecule is C#Cc1ccccc1Sc1ccccc1C#CCCCCC. The van der Waals surface area contributed by atoms with Gasteiger partial charge in [-0.15, -0.1) is 6.42 Å². The summed E-state index contributed by atoms with van der Waals surface area (Å²) in [5.41, 5.74) is 2.01. The van der Waals surface area contributed by atoms with Crippen LogP contribution in [0.2, 0.25) is 0 Å². The van der Waals surface area contributed by atoms with Crippen molar-refractivity contribution in [1.82, 2.24) is 0 Å². The van der Waals surface area contributed by atoms with Gasteiger partial charge in [0.2, 0.25) is 0 Å². The number of hydrogen-bond acceptors (Lipinski definition) is 1. The van der Waals surface area contributed by atoms with Crippen molar-refractivity contribution in [3.8, 4) is 24.2 Å². The maximum atomic E-state index is 5.58. The smallest absolute Gasteiger partial charge is 0.0384 e. The molecule has 2 aromatic rings. The van der Waals surface area contributed by atoms with Gasteiger partial charge in [0.1, 0.15) is 0 Å². The second kappa shape index (κ2) is 9.04. The van der Waals surface area contributed by atoms with Gasteiger partial charge >= 0.3 is 0 Å². The highest BCUT2D eigenvalue weighted by molar-refractivity contribution is 7.99. The maximum absolute atomic E-state index is 5.58. The third-order valence-corrected chi connectivity index (χ3v) is 4.43. The monoisotopic (exact) mass is 304 g/mol. The van der Waals surface area contributed by atoms with Gasteiger partial charge in [-0.05, 0) is 30.7 Å². The molecular formula is C21H20S. The molecule has 0 aliphatic rings. The molecule has 22 heavy (non-hydrogen) atoms. The average molecular weight is 304 g/mol. The fourth-order valence-corrected chi connectivity index (χ4v) is 3.07. The minimum atomic E-state index is 0.929. The Labute approximate surface area is 138 Å². The van der Waals surface area contributed by atoms with Crippen molar-refractivity contribution in [2.75, 3.05) is 0 Å². The largest absolute Gasteiger partial charge is 0.115 e. The fourth-order valence-electron chi connectivity index (χ4n) is 2.07. The Hall–Kier alpha value is -2.09. The summed E-state index contributed by atoms with van der Waals surface area (Å²) < 4.78 is 0. The predicted molar refractivity (Wildman–Crippen MR) is 96.0 cm³/mol. The molecule has 110 valence electrons. The van der Waals surface area contributed by atoms with E-state index in [1.807, 2.05) is 30.3 Å². The molecule has 1 heteroatoms. The lowest BCUT2D eigenvalue weighted by molar-refractivity contribution is 0.737. The number of unbranched alkanes of at least 4 members (excludes halogenated alkanes) is 3. The Balaban J connectivity index is 2.16. The summed E-state index contributed by atoms with van der Waals surface area (Å²) >= 11 is 1.69. The first-order valence-electron chi connectivity index (χ1n) is 7.66. The molecule has 0 aromatic heterocycles. The zero-order valence-electron chi connectivity index (χ0n) is 12.9. The van der Waals surface area contributed by atoms with Crippen LogP contribution >= 0.6 is 11.8 Å². The maximum Gasteiger partial charge on any atom is 0.0384 e. The molecule has 0 atom stereocenters. The summed E-state index contributed by atoms with van der Waals surface area (Å²) in [4.78, 5) is 2.26. The van der Waals surface area contributed by atoms with Crippen molar-refractivity contribution in [3.63, 3.8) is 0 Å². The van der Waals surface area contributed by atoms with Gasteiger partial charge in [-0.3, -0.25) is 0 Å². The second-order valence-electron chi connectivity index (χ2n) is 5.00. The van der Waals surface area contributed by atoms with Gasteiger partial charge in [0.05, 0.1) is 0 Å². The predicted octanol–water partition coefficient (Wildman–Crippen LogP) is 5.75. The molecular weight excluding hydrogens is 284 g/mol. The molecule has 0 spiro atoms. The number of benzene rings is 2. The van der Waals surface area contributed by atoms with E-state index in [2.05, 4.69) is 42.9 Å². The minimum absolute atomic E-state index is 0.929. The molecule has 0 N–H and O–H groups in total. The van der Waals surface area contributed by atoms with Gasteiger partial charge < -0.3 is 0 Å². The van der Waals surface area contributed by atoms with Crippen LogP contribution < -0.4 is 0 Å². The normalized spacial score (nSPS) is 9.64. The third-order valence-electron chi connectivity index (χ3n) is 3.28. The Bertz CT molecular complexity index is 710. The van der Waals surface area contributed by atoms with Crippen LogP contribution in [0, 0.1) is 24.2 Å². The van der Waals surface area contributed by atoms with E-state index < -0.39 is 0 Å². The molecule has 0 radical (unpaired) electrons. The van der Waals surface area contributed by atoms with Crippen LogP contribution in [0.15, 0.2) is 58.3 Å². The van der Waals surface area contributed by atoms with E-state index >= 15 is 0 Å². The highest BCUT2D eigenvalue weighted by Gasteiger charge is 2.05. The van der Waals surface area contributed by atoms with Gasteiger partial charge in [0.15, 0.2) is 0 Å². The molecule has 0 aliphatic heterocycles. The van der Waals surface area contributed by atoms with Gasteiger partial charge in [0.25, 0.3) is 0 Å². The van der Waals surface area contributed by atoms with E-state index in [-0.39, 0.29) is 0 Å². The van der Waals surface area contributed by atoms with Crippen LogP contribution in [0.3, 0.4) is 0 Å². The van der Waals surface area contributed by atoms with Gasteiger partial charge in [-0.25, -0.2) is 0 Å². The highest BCUT2D eigenvalue weighted by atomic mass is 32.2. The van der Waals surface area contributed by atoms with E-state index in [1.54, 1.807) is 11.8 Å². The summed E-state index contributed by atoms with van der Waals surface area (Å²) in [6.45, 7) is 2.21. The van der Waals surface area contributed by atoms with Crippen molar-refractivity contribution < 1.29 is 0 Å². The zero-order valence-corrected chi connectivity index (χ0v) is 13.7. The lowest BCUT2D eigenvalue weighted by Gasteiger charge is -2.06. The number of terminal acetylenes is 1. The molecule has 0 unspecified atom stereocenters. The van der Waals surface area contributed by atoms with Crippen LogP contribution in [0.4, 0.5) is 0 Å². The fraction of sp³-hybridized carbons (Fsp3) is 0.238. The van der Waals surface area contributed by atoms with Crippen molar-refractivity contribution in [2.24, 2.45) is 0 Å².